The summed E-state index contributed by atoms with van der Waals surface area (Å²) < 4.78 is 1.06. The number of hydrazine groups is 1. The maximum Gasteiger partial charge on any atom is 0.0501 e. The SMILES string of the molecule is Cc1ccc(C(Cc2c(Cl)cccc2Cl)NN)cc1Br. The van der Waals surface area contributed by atoms with Crippen LogP contribution in [0.25, 0.3) is 0 Å². The number of aryl methyl sites for hydroxylation is 1. The number of nitrogens with two attached hydrogens (primary N) is 1. The van der Waals surface area contributed by atoms with Gasteiger partial charge in [-0.05, 0) is 48.2 Å². The van der Waals surface area contributed by atoms with Crippen molar-refractivity contribution in [3.05, 3.63) is 67.6 Å². The average molecular weight is 374 g/mol. The Morgan fingerprint density at radius 3 is 2.40 bits per heavy atom. The monoisotopic (exact) mass is 372 g/mol. The number of benzene rings is 2. The van der Waals surface area contributed by atoms with Gasteiger partial charge in [-0.25, -0.2) is 0 Å². The second kappa shape index (κ2) is 6.92. The molecule has 106 valence electrons. The van der Waals surface area contributed by atoms with E-state index in [-0.39, 0.29) is 6.04 Å². The van der Waals surface area contributed by atoms with Gasteiger partial charge in [0, 0.05) is 14.5 Å². The van der Waals surface area contributed by atoms with Crippen LogP contribution in [0.3, 0.4) is 0 Å². The Bertz CT molecular complexity index is 597. The summed E-state index contributed by atoms with van der Waals surface area (Å²) in [7, 11) is 0. The van der Waals surface area contributed by atoms with E-state index < -0.39 is 0 Å². The highest BCUT2D eigenvalue weighted by Gasteiger charge is 2.15. The minimum absolute atomic E-state index is 0.0516. The maximum atomic E-state index is 6.21. The number of hydrogen-bond donors (Lipinski definition) is 2. The van der Waals surface area contributed by atoms with Crippen molar-refractivity contribution in [3.63, 3.8) is 0 Å². The zero-order valence-corrected chi connectivity index (χ0v) is 14.1. The number of rotatable bonds is 4. The van der Waals surface area contributed by atoms with E-state index in [4.69, 9.17) is 29.0 Å². The molecule has 0 amide bonds. The summed E-state index contributed by atoms with van der Waals surface area (Å²) in [5.74, 6) is 5.69. The summed E-state index contributed by atoms with van der Waals surface area (Å²) in [6.07, 6.45) is 0.629. The quantitative estimate of drug-likeness (QED) is 0.596. The van der Waals surface area contributed by atoms with Crippen molar-refractivity contribution in [2.75, 3.05) is 0 Å². The minimum atomic E-state index is -0.0516. The summed E-state index contributed by atoms with van der Waals surface area (Å²) in [6.45, 7) is 2.05. The van der Waals surface area contributed by atoms with Gasteiger partial charge in [-0.2, -0.15) is 0 Å². The number of halogens is 3. The molecule has 0 aliphatic rings. The topological polar surface area (TPSA) is 38.0 Å². The lowest BCUT2D eigenvalue weighted by Gasteiger charge is -2.19. The van der Waals surface area contributed by atoms with Gasteiger partial charge < -0.3 is 0 Å². The smallest absolute Gasteiger partial charge is 0.0501 e. The summed E-state index contributed by atoms with van der Waals surface area (Å²) in [4.78, 5) is 0. The zero-order chi connectivity index (χ0) is 14.7. The van der Waals surface area contributed by atoms with Crippen LogP contribution < -0.4 is 11.3 Å². The van der Waals surface area contributed by atoms with E-state index in [2.05, 4.69) is 39.6 Å². The second-order valence-corrected chi connectivity index (χ2v) is 6.30. The Morgan fingerprint density at radius 2 is 1.85 bits per heavy atom. The molecule has 0 fully saturated rings. The molecule has 2 aromatic rings. The molecule has 2 aromatic carbocycles. The summed E-state index contributed by atoms with van der Waals surface area (Å²) in [6, 6.07) is 11.6. The van der Waals surface area contributed by atoms with Crippen molar-refractivity contribution in [1.82, 2.24) is 5.43 Å². The molecule has 0 aromatic heterocycles. The van der Waals surface area contributed by atoms with Crippen molar-refractivity contribution in [1.29, 1.82) is 0 Å². The third kappa shape index (κ3) is 3.54. The molecule has 3 N–H and O–H groups in total. The Morgan fingerprint density at radius 1 is 1.20 bits per heavy atom. The fourth-order valence-corrected chi connectivity index (χ4v) is 2.98. The van der Waals surface area contributed by atoms with Gasteiger partial charge in [-0.1, -0.05) is 57.3 Å². The van der Waals surface area contributed by atoms with E-state index in [0.29, 0.717) is 16.5 Å². The molecule has 0 aliphatic carbocycles. The Kier molecular flexibility index (Phi) is 5.47. The van der Waals surface area contributed by atoms with Crippen molar-refractivity contribution in [3.8, 4) is 0 Å². The summed E-state index contributed by atoms with van der Waals surface area (Å²) in [5.41, 5.74) is 5.99. The fourth-order valence-electron chi connectivity index (χ4n) is 2.03. The van der Waals surface area contributed by atoms with Gasteiger partial charge in [0.15, 0.2) is 0 Å². The predicted molar refractivity (Wildman–Crippen MR) is 89.1 cm³/mol. The van der Waals surface area contributed by atoms with Gasteiger partial charge in [0.1, 0.15) is 0 Å². The first-order valence-electron chi connectivity index (χ1n) is 6.18. The number of nitrogens with one attached hydrogen (secondary N) is 1. The van der Waals surface area contributed by atoms with E-state index in [9.17, 15) is 0 Å². The van der Waals surface area contributed by atoms with Crippen LogP contribution in [-0.4, -0.2) is 0 Å². The lowest BCUT2D eigenvalue weighted by Crippen LogP contribution is -2.29. The highest BCUT2D eigenvalue weighted by Crippen LogP contribution is 2.30. The first-order chi connectivity index (χ1) is 9.52. The van der Waals surface area contributed by atoms with E-state index in [1.807, 2.05) is 25.1 Å². The van der Waals surface area contributed by atoms with Crippen LogP contribution in [0.1, 0.15) is 22.7 Å². The molecule has 20 heavy (non-hydrogen) atoms. The molecule has 0 radical (unpaired) electrons. The van der Waals surface area contributed by atoms with Gasteiger partial charge in [-0.15, -0.1) is 0 Å². The molecule has 0 spiro atoms. The Labute approximate surface area is 137 Å². The molecular weight excluding hydrogens is 359 g/mol. The zero-order valence-electron chi connectivity index (χ0n) is 11.0. The Hall–Kier alpha value is -0.580. The average Bonchev–Trinajstić information content (AvgIpc) is 2.42. The maximum absolute atomic E-state index is 6.21. The first kappa shape index (κ1) is 15.8. The van der Waals surface area contributed by atoms with E-state index in [0.717, 1.165) is 15.6 Å². The molecule has 2 rings (SSSR count). The summed E-state index contributed by atoms with van der Waals surface area (Å²) in [5, 5.41) is 1.31. The van der Waals surface area contributed by atoms with Crippen LogP contribution in [0.15, 0.2) is 40.9 Å². The van der Waals surface area contributed by atoms with Gasteiger partial charge in [-0.3, -0.25) is 11.3 Å². The molecule has 1 unspecified atom stereocenters. The first-order valence-corrected chi connectivity index (χ1v) is 7.73. The van der Waals surface area contributed by atoms with Crippen molar-refractivity contribution >= 4 is 39.1 Å². The van der Waals surface area contributed by atoms with Gasteiger partial charge >= 0.3 is 0 Å². The lowest BCUT2D eigenvalue weighted by molar-refractivity contribution is 0.552. The third-order valence-corrected chi connectivity index (χ3v) is 4.83. The van der Waals surface area contributed by atoms with Crippen LogP contribution in [0.4, 0.5) is 0 Å². The molecule has 0 saturated heterocycles. The lowest BCUT2D eigenvalue weighted by atomic mass is 9.98. The van der Waals surface area contributed by atoms with Crippen LogP contribution >= 0.6 is 39.1 Å². The normalized spacial score (nSPS) is 12.4. The molecule has 1 atom stereocenters. The van der Waals surface area contributed by atoms with Crippen LogP contribution in [0, 0.1) is 6.92 Å². The second-order valence-electron chi connectivity index (χ2n) is 4.63. The highest BCUT2D eigenvalue weighted by molar-refractivity contribution is 9.10. The van der Waals surface area contributed by atoms with Crippen LogP contribution in [-0.2, 0) is 6.42 Å². The van der Waals surface area contributed by atoms with Crippen molar-refractivity contribution < 1.29 is 0 Å². The van der Waals surface area contributed by atoms with Crippen molar-refractivity contribution in [2.45, 2.75) is 19.4 Å². The van der Waals surface area contributed by atoms with E-state index in [1.54, 1.807) is 0 Å². The molecule has 2 nitrogen and oxygen atoms in total. The third-order valence-electron chi connectivity index (χ3n) is 3.27. The molecule has 0 saturated carbocycles. The molecule has 5 heteroatoms. The van der Waals surface area contributed by atoms with Gasteiger partial charge in [0.2, 0.25) is 0 Å². The number of hydrogen-bond acceptors (Lipinski definition) is 2. The van der Waals surface area contributed by atoms with E-state index in [1.165, 1.54) is 5.56 Å². The largest absolute Gasteiger partial charge is 0.271 e. The van der Waals surface area contributed by atoms with Crippen LogP contribution in [0.2, 0.25) is 10.0 Å². The van der Waals surface area contributed by atoms with E-state index >= 15 is 0 Å². The molecule has 0 bridgehead atoms. The summed E-state index contributed by atoms with van der Waals surface area (Å²) >= 11 is 16.0. The van der Waals surface area contributed by atoms with Crippen molar-refractivity contribution in [2.24, 2.45) is 5.84 Å². The standard InChI is InChI=1S/C15H15BrCl2N2/c1-9-5-6-10(7-12(9)16)15(20-19)8-11-13(17)3-2-4-14(11)18/h2-7,15,20H,8,19H2,1H3. The van der Waals surface area contributed by atoms with Gasteiger partial charge in [0.05, 0.1) is 6.04 Å². The van der Waals surface area contributed by atoms with Crippen LogP contribution in [0.5, 0.6) is 0 Å². The molecular formula is C15H15BrCl2N2. The predicted octanol–water partition coefficient (Wildman–Crippen LogP) is 4.81. The molecule has 0 aliphatic heterocycles. The molecule has 0 heterocycles. The highest BCUT2D eigenvalue weighted by atomic mass is 79.9. The minimum Gasteiger partial charge on any atom is -0.271 e. The van der Waals surface area contributed by atoms with Gasteiger partial charge in [0.25, 0.3) is 0 Å². The Balaban J connectivity index is 2.31. The fraction of sp³-hybridized carbons (Fsp3) is 0.200.